The number of hydrogen-bond donors (Lipinski definition) is 1. The number of nitrogens with zero attached hydrogens (tertiary/aromatic N) is 2. The third kappa shape index (κ3) is 3.30. The molecule has 1 N–H and O–H groups in total. The predicted molar refractivity (Wildman–Crippen MR) is 123 cm³/mol. The van der Waals surface area contributed by atoms with Crippen LogP contribution in [0, 0.1) is 0 Å². The number of imidazole rings is 1. The van der Waals surface area contributed by atoms with Crippen molar-refractivity contribution in [2.75, 3.05) is 11.9 Å². The van der Waals surface area contributed by atoms with Crippen LogP contribution in [-0.2, 0) is 0 Å². The van der Waals surface area contributed by atoms with Crippen LogP contribution in [0.1, 0.15) is 36.6 Å². The highest BCUT2D eigenvalue weighted by molar-refractivity contribution is 6.35. The van der Waals surface area contributed by atoms with Gasteiger partial charge >= 0.3 is 0 Å². The highest BCUT2D eigenvalue weighted by atomic mass is 35.5. The number of aromatic nitrogens is 2. The van der Waals surface area contributed by atoms with Crippen LogP contribution in [0.3, 0.4) is 0 Å². The molecule has 0 fully saturated rings. The van der Waals surface area contributed by atoms with Crippen LogP contribution in [-0.4, -0.2) is 16.2 Å². The van der Waals surface area contributed by atoms with Gasteiger partial charge in [-0.15, -0.1) is 0 Å². The normalized spacial score (nSPS) is 18.1. The molecule has 152 valence electrons. The van der Waals surface area contributed by atoms with Crippen LogP contribution in [0.4, 0.5) is 5.95 Å². The molecule has 0 saturated carbocycles. The molecule has 2 heterocycles. The van der Waals surface area contributed by atoms with Crippen LogP contribution in [0.25, 0.3) is 11.0 Å². The molecule has 0 aliphatic carbocycles. The molecule has 2 unspecified atom stereocenters. The predicted octanol–water partition coefficient (Wildman–Crippen LogP) is 6.89. The number of halogens is 2. The van der Waals surface area contributed by atoms with Gasteiger partial charge in [0.1, 0.15) is 5.75 Å². The van der Waals surface area contributed by atoms with E-state index in [2.05, 4.69) is 28.1 Å². The largest absolute Gasteiger partial charge is 0.494 e. The van der Waals surface area contributed by atoms with Gasteiger partial charge in [-0.1, -0.05) is 59.6 Å². The molecule has 6 heteroatoms. The fraction of sp³-hybridized carbons (Fsp3) is 0.208. The molecule has 1 aliphatic rings. The number of fused-ring (bicyclic) bond motifs is 3. The fourth-order valence-corrected chi connectivity index (χ4v) is 4.84. The van der Waals surface area contributed by atoms with Crippen molar-refractivity contribution >= 4 is 40.2 Å². The van der Waals surface area contributed by atoms with Crippen LogP contribution >= 0.6 is 23.2 Å². The molecule has 0 spiro atoms. The van der Waals surface area contributed by atoms with Gasteiger partial charge in [0, 0.05) is 15.6 Å². The summed E-state index contributed by atoms with van der Waals surface area (Å²) in [7, 11) is 0. The number of hydrogen-bond acceptors (Lipinski definition) is 3. The molecule has 1 aromatic heterocycles. The Morgan fingerprint density at radius 1 is 1.03 bits per heavy atom. The maximum Gasteiger partial charge on any atom is 0.204 e. The van der Waals surface area contributed by atoms with E-state index in [1.54, 1.807) is 6.07 Å². The summed E-state index contributed by atoms with van der Waals surface area (Å²) in [6, 6.07) is 22.2. The summed E-state index contributed by atoms with van der Waals surface area (Å²) in [5, 5.41) is 4.88. The summed E-state index contributed by atoms with van der Waals surface area (Å²) in [5.41, 5.74) is 4.21. The lowest BCUT2D eigenvalue weighted by Crippen LogP contribution is -2.27. The lowest BCUT2D eigenvalue weighted by Gasteiger charge is -2.34. The zero-order chi connectivity index (χ0) is 20.7. The lowest BCUT2D eigenvalue weighted by atomic mass is 9.92. The first-order valence-electron chi connectivity index (χ1n) is 10.1. The zero-order valence-electron chi connectivity index (χ0n) is 16.5. The Morgan fingerprint density at radius 3 is 2.67 bits per heavy atom. The third-order valence-corrected chi connectivity index (χ3v) is 6.15. The highest BCUT2D eigenvalue weighted by Crippen LogP contribution is 2.44. The third-order valence-electron chi connectivity index (χ3n) is 5.59. The van der Waals surface area contributed by atoms with E-state index in [-0.39, 0.29) is 12.1 Å². The summed E-state index contributed by atoms with van der Waals surface area (Å²) < 4.78 is 8.25. The number of para-hydroxylation sites is 3. The summed E-state index contributed by atoms with van der Waals surface area (Å²) in [4.78, 5) is 4.87. The topological polar surface area (TPSA) is 39.1 Å². The molecule has 4 aromatic rings. The minimum Gasteiger partial charge on any atom is -0.494 e. The Labute approximate surface area is 185 Å². The van der Waals surface area contributed by atoms with Crippen molar-refractivity contribution in [2.45, 2.75) is 25.4 Å². The monoisotopic (exact) mass is 437 g/mol. The van der Waals surface area contributed by atoms with Crippen LogP contribution < -0.4 is 10.1 Å². The van der Waals surface area contributed by atoms with Crippen molar-refractivity contribution in [3.8, 4) is 5.75 Å². The second kappa shape index (κ2) is 7.86. The quantitative estimate of drug-likeness (QED) is 0.377. The van der Waals surface area contributed by atoms with E-state index in [1.165, 1.54) is 0 Å². The number of ether oxygens (including phenoxy) is 1. The molecular formula is C24H21Cl2N3O. The first-order valence-corrected chi connectivity index (χ1v) is 10.8. The SMILES string of the molecule is CCOc1ccccc1C1CC(c2ccc(Cl)cc2Cl)Nc2nc3ccccc3n21. The molecule has 1 aliphatic heterocycles. The van der Waals surface area contributed by atoms with Crippen molar-refractivity contribution in [3.63, 3.8) is 0 Å². The van der Waals surface area contributed by atoms with E-state index >= 15 is 0 Å². The maximum absolute atomic E-state index is 6.57. The zero-order valence-corrected chi connectivity index (χ0v) is 18.0. The van der Waals surface area contributed by atoms with E-state index < -0.39 is 0 Å². The Balaban J connectivity index is 1.68. The van der Waals surface area contributed by atoms with E-state index in [1.807, 2.05) is 49.4 Å². The van der Waals surface area contributed by atoms with E-state index in [4.69, 9.17) is 32.9 Å². The van der Waals surface area contributed by atoms with Crippen LogP contribution in [0.15, 0.2) is 66.7 Å². The highest BCUT2D eigenvalue weighted by Gasteiger charge is 2.33. The summed E-state index contributed by atoms with van der Waals surface area (Å²) >= 11 is 12.7. The number of anilines is 1. The van der Waals surface area contributed by atoms with Gasteiger partial charge in [-0.05, 0) is 49.2 Å². The summed E-state index contributed by atoms with van der Waals surface area (Å²) in [6.45, 7) is 2.62. The molecule has 30 heavy (non-hydrogen) atoms. The maximum atomic E-state index is 6.57. The fourth-order valence-electron chi connectivity index (χ4n) is 4.30. The second-order valence-electron chi connectivity index (χ2n) is 7.38. The first kappa shape index (κ1) is 19.3. The van der Waals surface area contributed by atoms with Crippen molar-refractivity contribution in [3.05, 3.63) is 87.9 Å². The minimum atomic E-state index is -0.00115. The number of benzene rings is 3. The summed E-state index contributed by atoms with van der Waals surface area (Å²) in [6.07, 6.45) is 0.804. The van der Waals surface area contributed by atoms with E-state index in [0.29, 0.717) is 16.7 Å². The van der Waals surface area contributed by atoms with Gasteiger partial charge in [-0.2, -0.15) is 0 Å². The Kier molecular flexibility index (Phi) is 5.05. The van der Waals surface area contributed by atoms with Crippen molar-refractivity contribution < 1.29 is 4.74 Å². The average Bonchev–Trinajstić information content (AvgIpc) is 3.12. The van der Waals surface area contributed by atoms with Crippen molar-refractivity contribution in [1.29, 1.82) is 0 Å². The molecule has 0 amide bonds. The molecular weight excluding hydrogens is 417 g/mol. The molecule has 0 bridgehead atoms. The van der Waals surface area contributed by atoms with Crippen LogP contribution in [0.5, 0.6) is 5.75 Å². The summed E-state index contributed by atoms with van der Waals surface area (Å²) in [5.74, 6) is 1.73. The second-order valence-corrected chi connectivity index (χ2v) is 8.22. The molecule has 4 nitrogen and oxygen atoms in total. The van der Waals surface area contributed by atoms with Crippen molar-refractivity contribution in [1.82, 2.24) is 9.55 Å². The minimum absolute atomic E-state index is 0.00115. The standard InChI is InChI=1S/C24H21Cl2N3O/c1-2-30-23-10-6-3-7-17(23)22-14-20(16-12-11-15(25)13-18(16)26)28-24-27-19-8-4-5-9-21(19)29(22)24/h3-13,20,22H,2,14H2,1H3,(H,27,28). The number of rotatable bonds is 4. The molecule has 2 atom stereocenters. The number of nitrogens with one attached hydrogen (secondary N) is 1. The molecule has 3 aromatic carbocycles. The van der Waals surface area contributed by atoms with Gasteiger partial charge in [0.25, 0.3) is 0 Å². The van der Waals surface area contributed by atoms with Gasteiger partial charge < -0.3 is 14.6 Å². The Hall–Kier alpha value is -2.69. The van der Waals surface area contributed by atoms with E-state index in [0.717, 1.165) is 40.3 Å². The molecule has 0 radical (unpaired) electrons. The van der Waals surface area contributed by atoms with Gasteiger partial charge in [0.15, 0.2) is 0 Å². The average molecular weight is 438 g/mol. The van der Waals surface area contributed by atoms with E-state index in [9.17, 15) is 0 Å². The molecule has 0 saturated heterocycles. The smallest absolute Gasteiger partial charge is 0.204 e. The van der Waals surface area contributed by atoms with Gasteiger partial charge in [-0.3, -0.25) is 0 Å². The van der Waals surface area contributed by atoms with Gasteiger partial charge in [0.05, 0.1) is 29.7 Å². The first-order chi connectivity index (χ1) is 14.7. The Morgan fingerprint density at radius 2 is 1.83 bits per heavy atom. The van der Waals surface area contributed by atoms with Crippen LogP contribution in [0.2, 0.25) is 10.0 Å². The van der Waals surface area contributed by atoms with Gasteiger partial charge in [0.2, 0.25) is 5.95 Å². The van der Waals surface area contributed by atoms with Gasteiger partial charge in [-0.25, -0.2) is 4.98 Å². The Bertz CT molecular complexity index is 1220. The molecule has 5 rings (SSSR count). The lowest BCUT2D eigenvalue weighted by molar-refractivity contribution is 0.329. The van der Waals surface area contributed by atoms with Crippen molar-refractivity contribution in [2.24, 2.45) is 0 Å².